The fraction of sp³-hybridized carbons (Fsp3) is 0.409. The van der Waals surface area contributed by atoms with Gasteiger partial charge in [-0.1, -0.05) is 24.3 Å². The molecule has 0 aliphatic heterocycles. The summed E-state index contributed by atoms with van der Waals surface area (Å²) in [6, 6.07) is 13.8. The van der Waals surface area contributed by atoms with Crippen LogP contribution in [0.25, 0.3) is 0 Å². The number of ether oxygens (including phenoxy) is 3. The number of nitrogens with two attached hydrogens (primary N) is 1. The van der Waals surface area contributed by atoms with E-state index in [1.165, 1.54) is 12.8 Å². The highest BCUT2D eigenvalue weighted by Gasteiger charge is 2.18. The number of para-hydroxylation sites is 1. The standard InChI is InChI=1S/C22H29N3O3.HI/c1-26-15-17-7-3-6-10-19(17)25-22(23)24-14-16-11-12-20(21(13-16)27-2)28-18-8-4-5-9-18;/h3,6-7,10-13,18H,4-5,8-9,14-15H2,1-2H3,(H3,23,24,25);1H. The number of benzene rings is 2. The van der Waals surface area contributed by atoms with Gasteiger partial charge in [0.15, 0.2) is 17.5 Å². The topological polar surface area (TPSA) is 78.1 Å². The summed E-state index contributed by atoms with van der Waals surface area (Å²) >= 11 is 0. The number of methoxy groups -OCH3 is 2. The molecule has 0 radical (unpaired) electrons. The first-order valence-corrected chi connectivity index (χ1v) is 9.67. The minimum absolute atomic E-state index is 0. The van der Waals surface area contributed by atoms with E-state index in [1.807, 2.05) is 42.5 Å². The van der Waals surface area contributed by atoms with Crippen molar-refractivity contribution in [3.63, 3.8) is 0 Å². The average molecular weight is 511 g/mol. The molecule has 0 unspecified atom stereocenters. The number of rotatable bonds is 8. The normalized spacial score (nSPS) is 14.3. The van der Waals surface area contributed by atoms with E-state index in [4.69, 9.17) is 19.9 Å². The van der Waals surface area contributed by atoms with Crippen LogP contribution in [0.4, 0.5) is 5.69 Å². The minimum atomic E-state index is 0. The third kappa shape index (κ3) is 6.78. The SMILES string of the molecule is COCc1ccccc1NC(N)=NCc1ccc(OC2CCCC2)c(OC)c1.I. The van der Waals surface area contributed by atoms with Crippen LogP contribution in [0.2, 0.25) is 0 Å². The molecule has 0 atom stereocenters. The van der Waals surface area contributed by atoms with Gasteiger partial charge in [-0.05, 0) is 49.4 Å². The van der Waals surface area contributed by atoms with E-state index >= 15 is 0 Å². The van der Waals surface area contributed by atoms with Crippen molar-refractivity contribution in [3.8, 4) is 11.5 Å². The van der Waals surface area contributed by atoms with Crippen LogP contribution in [0.1, 0.15) is 36.8 Å². The van der Waals surface area contributed by atoms with Crippen LogP contribution in [-0.2, 0) is 17.9 Å². The highest BCUT2D eigenvalue weighted by molar-refractivity contribution is 14.0. The van der Waals surface area contributed by atoms with E-state index in [2.05, 4.69) is 10.3 Å². The number of aliphatic imine (C=N–C) groups is 1. The zero-order valence-corrected chi connectivity index (χ0v) is 19.3. The van der Waals surface area contributed by atoms with Gasteiger partial charge < -0.3 is 25.3 Å². The number of nitrogens with zero attached hydrogens (tertiary/aromatic N) is 1. The third-order valence-electron chi connectivity index (χ3n) is 4.84. The second kappa shape index (κ2) is 11.9. The van der Waals surface area contributed by atoms with Crippen molar-refractivity contribution >= 4 is 35.6 Å². The fourth-order valence-electron chi connectivity index (χ4n) is 3.37. The van der Waals surface area contributed by atoms with E-state index in [9.17, 15) is 0 Å². The van der Waals surface area contributed by atoms with Crippen molar-refractivity contribution in [2.45, 2.75) is 44.9 Å². The molecular formula is C22H30IN3O3. The lowest BCUT2D eigenvalue weighted by Gasteiger charge is -2.16. The van der Waals surface area contributed by atoms with Crippen LogP contribution >= 0.6 is 24.0 Å². The number of hydrogen-bond donors (Lipinski definition) is 2. The van der Waals surface area contributed by atoms with Gasteiger partial charge in [-0.25, -0.2) is 4.99 Å². The maximum Gasteiger partial charge on any atom is 0.193 e. The Labute approximate surface area is 189 Å². The molecule has 1 fully saturated rings. The Bertz CT molecular complexity index is 808. The molecule has 6 nitrogen and oxygen atoms in total. The second-order valence-electron chi connectivity index (χ2n) is 6.93. The van der Waals surface area contributed by atoms with Crippen molar-refractivity contribution in [2.75, 3.05) is 19.5 Å². The lowest BCUT2D eigenvalue weighted by Crippen LogP contribution is -2.23. The minimum Gasteiger partial charge on any atom is -0.493 e. The molecule has 3 rings (SSSR count). The van der Waals surface area contributed by atoms with Gasteiger partial charge in [0.25, 0.3) is 0 Å². The predicted molar refractivity (Wildman–Crippen MR) is 127 cm³/mol. The molecule has 0 spiro atoms. The molecule has 1 saturated carbocycles. The van der Waals surface area contributed by atoms with Gasteiger partial charge in [0.1, 0.15) is 0 Å². The lowest BCUT2D eigenvalue weighted by atomic mass is 10.2. The molecule has 1 aliphatic rings. The zero-order valence-electron chi connectivity index (χ0n) is 17.0. The Hall–Kier alpha value is -2.00. The third-order valence-corrected chi connectivity index (χ3v) is 4.84. The molecule has 7 heteroatoms. The second-order valence-corrected chi connectivity index (χ2v) is 6.93. The summed E-state index contributed by atoms with van der Waals surface area (Å²) in [6.45, 7) is 0.960. The van der Waals surface area contributed by atoms with Crippen LogP contribution in [0.5, 0.6) is 11.5 Å². The molecular weight excluding hydrogens is 481 g/mol. The van der Waals surface area contributed by atoms with E-state index in [0.717, 1.165) is 41.2 Å². The molecule has 3 N–H and O–H groups in total. The van der Waals surface area contributed by atoms with Crippen molar-refractivity contribution in [2.24, 2.45) is 10.7 Å². The predicted octanol–water partition coefficient (Wildman–Crippen LogP) is 4.71. The van der Waals surface area contributed by atoms with Crippen molar-refractivity contribution < 1.29 is 14.2 Å². The Morgan fingerprint density at radius 2 is 1.86 bits per heavy atom. The summed E-state index contributed by atoms with van der Waals surface area (Å²) in [5, 5.41) is 3.15. The molecule has 1 aliphatic carbocycles. The first kappa shape index (κ1) is 23.3. The zero-order chi connectivity index (χ0) is 19.8. The van der Waals surface area contributed by atoms with Gasteiger partial charge in [0.2, 0.25) is 0 Å². The molecule has 2 aromatic rings. The van der Waals surface area contributed by atoms with Gasteiger partial charge >= 0.3 is 0 Å². The lowest BCUT2D eigenvalue weighted by molar-refractivity contribution is 0.185. The van der Waals surface area contributed by atoms with Crippen LogP contribution in [0.15, 0.2) is 47.5 Å². The molecule has 0 aromatic heterocycles. The number of halogens is 1. The Morgan fingerprint density at radius 1 is 1.10 bits per heavy atom. The maximum atomic E-state index is 6.08. The largest absolute Gasteiger partial charge is 0.493 e. The fourth-order valence-corrected chi connectivity index (χ4v) is 3.37. The quantitative estimate of drug-likeness (QED) is 0.305. The summed E-state index contributed by atoms with van der Waals surface area (Å²) in [6.07, 6.45) is 4.99. The molecule has 2 aromatic carbocycles. The van der Waals surface area contributed by atoms with E-state index in [1.54, 1.807) is 14.2 Å². The van der Waals surface area contributed by atoms with Crippen molar-refractivity contribution in [1.29, 1.82) is 0 Å². The summed E-state index contributed by atoms with van der Waals surface area (Å²) in [4.78, 5) is 4.45. The van der Waals surface area contributed by atoms with Crippen LogP contribution < -0.4 is 20.5 Å². The van der Waals surface area contributed by atoms with E-state index in [0.29, 0.717) is 25.2 Å². The monoisotopic (exact) mass is 511 g/mol. The van der Waals surface area contributed by atoms with Crippen LogP contribution in [0, 0.1) is 0 Å². The number of guanidine groups is 1. The van der Waals surface area contributed by atoms with Crippen molar-refractivity contribution in [3.05, 3.63) is 53.6 Å². The van der Waals surface area contributed by atoms with Gasteiger partial charge in [-0.2, -0.15) is 0 Å². The summed E-state index contributed by atoms with van der Waals surface area (Å²) < 4.78 is 16.8. The summed E-state index contributed by atoms with van der Waals surface area (Å²) in [5.74, 6) is 1.88. The molecule has 29 heavy (non-hydrogen) atoms. The molecule has 158 valence electrons. The number of hydrogen-bond acceptors (Lipinski definition) is 4. The maximum absolute atomic E-state index is 6.08. The Kier molecular flexibility index (Phi) is 9.53. The Balaban J connectivity index is 0.00000300. The number of anilines is 1. The van der Waals surface area contributed by atoms with Gasteiger partial charge in [-0.15, -0.1) is 24.0 Å². The molecule has 0 saturated heterocycles. The molecule has 0 bridgehead atoms. The number of nitrogens with one attached hydrogen (secondary N) is 1. The van der Waals surface area contributed by atoms with Crippen LogP contribution in [0.3, 0.4) is 0 Å². The first-order valence-electron chi connectivity index (χ1n) is 9.67. The first-order chi connectivity index (χ1) is 13.7. The summed E-state index contributed by atoms with van der Waals surface area (Å²) in [5.41, 5.74) is 8.99. The van der Waals surface area contributed by atoms with E-state index in [-0.39, 0.29) is 24.0 Å². The Morgan fingerprint density at radius 3 is 2.59 bits per heavy atom. The molecule has 0 heterocycles. The highest BCUT2D eigenvalue weighted by atomic mass is 127. The van der Waals surface area contributed by atoms with Crippen molar-refractivity contribution in [1.82, 2.24) is 0 Å². The smallest absolute Gasteiger partial charge is 0.193 e. The van der Waals surface area contributed by atoms with Gasteiger partial charge in [0.05, 0.1) is 26.4 Å². The van der Waals surface area contributed by atoms with E-state index < -0.39 is 0 Å². The average Bonchev–Trinajstić information content (AvgIpc) is 3.22. The van der Waals surface area contributed by atoms with Gasteiger partial charge in [-0.3, -0.25) is 0 Å². The van der Waals surface area contributed by atoms with Crippen LogP contribution in [-0.4, -0.2) is 26.3 Å². The van der Waals surface area contributed by atoms with Gasteiger partial charge in [0, 0.05) is 18.4 Å². The highest BCUT2D eigenvalue weighted by Crippen LogP contribution is 2.32. The summed E-state index contributed by atoms with van der Waals surface area (Å²) in [7, 11) is 3.33. The molecule has 0 amide bonds.